The Bertz CT molecular complexity index is 1100. The molecular formula is C18H17N4O2S2+. The second kappa shape index (κ2) is 6.97. The second-order valence-corrected chi connectivity index (χ2v) is 7.69. The van der Waals surface area contributed by atoms with Gasteiger partial charge in [-0.1, -0.05) is 23.5 Å². The monoisotopic (exact) mass is 385 g/mol. The van der Waals surface area contributed by atoms with Crippen molar-refractivity contribution < 1.29 is 14.1 Å². The highest BCUT2D eigenvalue weighted by Gasteiger charge is 2.17. The van der Waals surface area contributed by atoms with Gasteiger partial charge in [0.1, 0.15) is 5.75 Å². The van der Waals surface area contributed by atoms with Crippen molar-refractivity contribution in [3.63, 3.8) is 0 Å². The molecule has 0 spiro atoms. The summed E-state index contributed by atoms with van der Waals surface area (Å²) in [6, 6.07) is 13.7. The number of aromatic nitrogens is 3. The minimum atomic E-state index is -0.0836. The topological polar surface area (TPSA) is 70.9 Å². The molecule has 0 radical (unpaired) electrons. The van der Waals surface area contributed by atoms with E-state index in [1.54, 1.807) is 7.11 Å². The van der Waals surface area contributed by atoms with E-state index in [0.717, 1.165) is 32.2 Å². The number of aryl methyl sites for hydroxylation is 1. The summed E-state index contributed by atoms with van der Waals surface area (Å²) in [7, 11) is 3.62. The number of anilines is 1. The number of carbonyl (C=O) groups excluding carboxylic acids is 1. The lowest BCUT2D eigenvalue weighted by Gasteiger charge is -1.99. The van der Waals surface area contributed by atoms with Gasteiger partial charge in [-0.2, -0.15) is 0 Å². The highest BCUT2D eigenvalue weighted by atomic mass is 32.2. The SMILES string of the molecule is COc1ccc2nc(NC(=O)CSc3[nH]c4ccccc4[n+]3C)sc2c1. The Hall–Kier alpha value is -2.58. The molecule has 0 atom stereocenters. The lowest BCUT2D eigenvalue weighted by Crippen LogP contribution is -2.29. The third-order valence-corrected chi connectivity index (χ3v) is 5.98. The van der Waals surface area contributed by atoms with Crippen LogP contribution < -0.4 is 14.6 Å². The number of amides is 1. The van der Waals surface area contributed by atoms with Crippen molar-refractivity contribution in [3.8, 4) is 5.75 Å². The number of imidazole rings is 1. The van der Waals surface area contributed by atoms with E-state index in [-0.39, 0.29) is 5.91 Å². The molecule has 2 aromatic carbocycles. The van der Waals surface area contributed by atoms with Gasteiger partial charge in [0.05, 0.1) is 30.1 Å². The molecule has 0 bridgehead atoms. The first kappa shape index (κ1) is 16.9. The third-order valence-electron chi connectivity index (χ3n) is 3.99. The number of hydrogen-bond donors (Lipinski definition) is 2. The number of ether oxygens (including phenoxy) is 1. The molecule has 132 valence electrons. The molecule has 0 saturated carbocycles. The molecule has 0 aliphatic heterocycles. The van der Waals surface area contributed by atoms with Crippen LogP contribution in [0.1, 0.15) is 0 Å². The number of aromatic amines is 1. The van der Waals surface area contributed by atoms with E-state index in [4.69, 9.17) is 4.74 Å². The van der Waals surface area contributed by atoms with Gasteiger partial charge < -0.3 is 10.1 Å². The molecule has 8 heteroatoms. The fourth-order valence-electron chi connectivity index (χ4n) is 2.69. The van der Waals surface area contributed by atoms with Crippen LogP contribution in [-0.4, -0.2) is 28.7 Å². The summed E-state index contributed by atoms with van der Waals surface area (Å²) in [6.07, 6.45) is 0. The zero-order valence-electron chi connectivity index (χ0n) is 14.3. The van der Waals surface area contributed by atoms with Gasteiger partial charge in [-0.3, -0.25) is 4.79 Å². The number of nitrogens with zero attached hydrogens (tertiary/aromatic N) is 2. The first-order valence-corrected chi connectivity index (χ1v) is 9.78. The first-order valence-electron chi connectivity index (χ1n) is 7.98. The highest BCUT2D eigenvalue weighted by molar-refractivity contribution is 7.99. The summed E-state index contributed by atoms with van der Waals surface area (Å²) in [6.45, 7) is 0. The van der Waals surface area contributed by atoms with Crippen molar-refractivity contribution in [1.82, 2.24) is 9.97 Å². The van der Waals surface area contributed by atoms with Crippen molar-refractivity contribution in [3.05, 3.63) is 42.5 Å². The van der Waals surface area contributed by atoms with Crippen molar-refractivity contribution in [1.29, 1.82) is 0 Å². The average molecular weight is 385 g/mol. The number of rotatable bonds is 5. The maximum atomic E-state index is 12.3. The molecule has 4 rings (SSSR count). The Kier molecular flexibility index (Phi) is 4.52. The van der Waals surface area contributed by atoms with Crippen LogP contribution in [-0.2, 0) is 11.8 Å². The molecule has 4 aromatic rings. The lowest BCUT2D eigenvalue weighted by atomic mass is 10.3. The van der Waals surface area contributed by atoms with Gasteiger partial charge in [0.25, 0.3) is 0 Å². The maximum Gasteiger partial charge on any atom is 0.317 e. The molecule has 0 fully saturated rings. The molecule has 1 amide bonds. The fourth-order valence-corrected chi connectivity index (χ4v) is 4.41. The number of nitrogens with one attached hydrogen (secondary N) is 2. The van der Waals surface area contributed by atoms with Gasteiger partial charge in [-0.25, -0.2) is 14.5 Å². The molecular weight excluding hydrogens is 368 g/mol. The molecule has 0 aliphatic rings. The lowest BCUT2D eigenvalue weighted by molar-refractivity contribution is -0.683. The Morgan fingerprint density at radius 1 is 1.35 bits per heavy atom. The summed E-state index contributed by atoms with van der Waals surface area (Å²) in [5.41, 5.74) is 3.01. The number of carbonyl (C=O) groups is 1. The van der Waals surface area contributed by atoms with Crippen molar-refractivity contribution in [2.24, 2.45) is 7.05 Å². The van der Waals surface area contributed by atoms with Gasteiger partial charge in [0.15, 0.2) is 16.2 Å². The maximum absolute atomic E-state index is 12.3. The Balaban J connectivity index is 1.44. The Morgan fingerprint density at radius 3 is 3.00 bits per heavy atom. The minimum Gasteiger partial charge on any atom is -0.497 e. The van der Waals surface area contributed by atoms with Crippen LogP contribution in [0.2, 0.25) is 0 Å². The van der Waals surface area contributed by atoms with E-state index in [2.05, 4.69) is 19.9 Å². The molecule has 2 aromatic heterocycles. The van der Waals surface area contributed by atoms with E-state index < -0.39 is 0 Å². The molecule has 2 heterocycles. The van der Waals surface area contributed by atoms with E-state index >= 15 is 0 Å². The van der Waals surface area contributed by atoms with Crippen LogP contribution in [0.25, 0.3) is 21.3 Å². The standard InChI is InChI=1S/C18H16N4O2S2/c1-22-14-6-4-3-5-12(14)20-18(22)25-10-16(23)21-17-19-13-8-7-11(24-2)9-15(13)26-17/h3-9H,10H2,1-2H3,(H,19,21,23)/p+1. The van der Waals surface area contributed by atoms with Crippen molar-refractivity contribution in [2.75, 3.05) is 18.2 Å². The predicted molar refractivity (Wildman–Crippen MR) is 105 cm³/mol. The van der Waals surface area contributed by atoms with Crippen LogP contribution in [0.15, 0.2) is 47.6 Å². The van der Waals surface area contributed by atoms with Crippen LogP contribution in [0, 0.1) is 0 Å². The summed E-state index contributed by atoms with van der Waals surface area (Å²) in [5.74, 6) is 1.00. The number of methoxy groups -OCH3 is 1. The van der Waals surface area contributed by atoms with Crippen molar-refractivity contribution >= 4 is 55.4 Å². The largest absolute Gasteiger partial charge is 0.497 e. The number of fused-ring (bicyclic) bond motifs is 2. The number of thioether (sulfide) groups is 1. The van der Waals surface area contributed by atoms with E-state index in [1.165, 1.54) is 23.1 Å². The number of para-hydroxylation sites is 2. The predicted octanol–water partition coefficient (Wildman–Crippen LogP) is 3.34. The molecule has 0 unspecified atom stereocenters. The fraction of sp³-hybridized carbons (Fsp3) is 0.167. The summed E-state index contributed by atoms with van der Waals surface area (Å²) < 4.78 is 8.25. The zero-order valence-corrected chi connectivity index (χ0v) is 15.9. The summed E-state index contributed by atoms with van der Waals surface area (Å²) >= 11 is 2.90. The molecule has 6 nitrogen and oxygen atoms in total. The van der Waals surface area contributed by atoms with Gasteiger partial charge in [0.2, 0.25) is 5.91 Å². The molecule has 0 saturated heterocycles. The number of H-pyrrole nitrogens is 1. The highest BCUT2D eigenvalue weighted by Crippen LogP contribution is 2.29. The number of hydrogen-bond acceptors (Lipinski definition) is 5. The quantitative estimate of drug-likeness (QED) is 0.408. The van der Waals surface area contributed by atoms with Crippen molar-refractivity contribution in [2.45, 2.75) is 5.16 Å². The van der Waals surface area contributed by atoms with E-state index in [9.17, 15) is 4.79 Å². The summed E-state index contributed by atoms with van der Waals surface area (Å²) in [4.78, 5) is 20.1. The zero-order chi connectivity index (χ0) is 18.1. The third kappa shape index (κ3) is 3.25. The minimum absolute atomic E-state index is 0.0836. The number of benzene rings is 2. The average Bonchev–Trinajstić information content (AvgIpc) is 3.19. The van der Waals surface area contributed by atoms with Crippen LogP contribution in [0.4, 0.5) is 5.13 Å². The van der Waals surface area contributed by atoms with E-state index in [1.807, 2.05) is 49.5 Å². The van der Waals surface area contributed by atoms with Crippen LogP contribution in [0.3, 0.4) is 0 Å². The Morgan fingerprint density at radius 2 is 2.19 bits per heavy atom. The Labute approximate surface area is 158 Å². The molecule has 26 heavy (non-hydrogen) atoms. The van der Waals surface area contributed by atoms with Crippen LogP contribution in [0.5, 0.6) is 5.75 Å². The normalized spacial score (nSPS) is 11.2. The van der Waals surface area contributed by atoms with Gasteiger partial charge in [0, 0.05) is 0 Å². The second-order valence-electron chi connectivity index (χ2n) is 5.70. The van der Waals surface area contributed by atoms with Gasteiger partial charge in [-0.05, 0) is 42.1 Å². The van der Waals surface area contributed by atoms with E-state index in [0.29, 0.717) is 10.9 Å². The summed E-state index contributed by atoms with van der Waals surface area (Å²) in [5, 5.41) is 4.41. The van der Waals surface area contributed by atoms with Crippen LogP contribution >= 0.6 is 23.1 Å². The van der Waals surface area contributed by atoms with Gasteiger partial charge >= 0.3 is 5.16 Å². The molecule has 0 aliphatic carbocycles. The molecule has 2 N–H and O–H groups in total. The first-order chi connectivity index (χ1) is 12.6. The smallest absolute Gasteiger partial charge is 0.317 e. The number of thiazole rings is 1. The van der Waals surface area contributed by atoms with Gasteiger partial charge in [-0.15, -0.1) is 0 Å².